The Kier molecular flexibility index (Phi) is 15.2. The van der Waals surface area contributed by atoms with Crippen LogP contribution in [0.25, 0.3) is 10.8 Å². The summed E-state index contributed by atoms with van der Waals surface area (Å²) >= 11 is 0. The molecule has 0 aliphatic rings. The van der Waals surface area contributed by atoms with Gasteiger partial charge in [0.2, 0.25) is 11.8 Å². The van der Waals surface area contributed by atoms with Gasteiger partial charge in [0.05, 0.1) is 58.6 Å². The summed E-state index contributed by atoms with van der Waals surface area (Å²) in [5.41, 5.74) is 8.76. The van der Waals surface area contributed by atoms with Crippen LogP contribution in [0.3, 0.4) is 0 Å². The summed E-state index contributed by atoms with van der Waals surface area (Å²) in [5, 5.41) is 20.5. The number of nitrogens with zero attached hydrogens (tertiary/aromatic N) is 2. The molecule has 0 radical (unpaired) electrons. The monoisotopic (exact) mass is 784 g/mol. The molecule has 0 saturated carbocycles. The van der Waals surface area contributed by atoms with Gasteiger partial charge in [-0.2, -0.15) is 4.98 Å². The number of rotatable bonds is 20. The number of ether oxygens (including phenoxy) is 7. The van der Waals surface area contributed by atoms with Gasteiger partial charge in [0.25, 0.3) is 0 Å². The van der Waals surface area contributed by atoms with Crippen molar-refractivity contribution in [1.82, 2.24) is 9.97 Å². The summed E-state index contributed by atoms with van der Waals surface area (Å²) in [6, 6.07) is 21.4. The molecular weight excluding hydrogens is 732 g/mol. The summed E-state index contributed by atoms with van der Waals surface area (Å²) in [5.74, 6) is 2.68. The van der Waals surface area contributed by atoms with Gasteiger partial charge in [0, 0.05) is 66.0 Å². The standard InChI is InChI=1S/C42H52N6O9/c1-42(2,3)28-21-27(22-37(43)49)39(53-6)35(23-28)47-41(50)46-34-11-12-36(33-10-8-7-9-32(33)34)57-38-13-14-44-40(48-38)45-29-24-30(52-5)26-31(25-29)56-20-19-55-18-17-54-16-15-51-4/h7-14,21,23-26,37,49H,15-20,22,43H2,1-6H3,(H,44,45,48)(H2,46,47,50). The third-order valence-electron chi connectivity index (χ3n) is 8.56. The second kappa shape index (κ2) is 20.5. The molecule has 6 N–H and O–H groups in total. The smallest absolute Gasteiger partial charge is 0.323 e. The molecule has 57 heavy (non-hydrogen) atoms. The fraction of sp³-hybridized carbons (Fsp3) is 0.357. The number of nitrogens with one attached hydrogen (secondary N) is 3. The molecule has 1 atom stereocenters. The number of aliphatic hydroxyl groups is 1. The molecule has 0 saturated heterocycles. The highest BCUT2D eigenvalue weighted by atomic mass is 16.6. The number of aliphatic hydroxyl groups excluding tert-OH is 1. The molecule has 304 valence electrons. The number of amides is 2. The highest BCUT2D eigenvalue weighted by Gasteiger charge is 2.22. The maximum atomic E-state index is 13.5. The molecule has 15 heteroatoms. The van der Waals surface area contributed by atoms with Crippen LogP contribution < -0.4 is 40.6 Å². The Morgan fingerprint density at radius 2 is 1.51 bits per heavy atom. The van der Waals surface area contributed by atoms with E-state index < -0.39 is 12.3 Å². The van der Waals surface area contributed by atoms with E-state index in [0.717, 1.165) is 16.3 Å². The predicted molar refractivity (Wildman–Crippen MR) is 220 cm³/mol. The largest absolute Gasteiger partial charge is 0.497 e. The zero-order chi connectivity index (χ0) is 40.8. The maximum absolute atomic E-state index is 13.5. The summed E-state index contributed by atoms with van der Waals surface area (Å²) in [7, 11) is 4.72. The van der Waals surface area contributed by atoms with Crippen molar-refractivity contribution >= 4 is 39.8 Å². The van der Waals surface area contributed by atoms with E-state index in [1.54, 1.807) is 50.7 Å². The quantitative estimate of drug-likeness (QED) is 0.0401. The molecule has 5 aromatic rings. The van der Waals surface area contributed by atoms with E-state index in [1.807, 2.05) is 42.5 Å². The van der Waals surface area contributed by atoms with Crippen LogP contribution in [0, 0.1) is 0 Å². The van der Waals surface area contributed by atoms with Crippen LogP contribution >= 0.6 is 0 Å². The fourth-order valence-electron chi connectivity index (χ4n) is 5.81. The van der Waals surface area contributed by atoms with Crippen LogP contribution in [0.15, 0.2) is 79.0 Å². The van der Waals surface area contributed by atoms with E-state index in [-0.39, 0.29) is 17.8 Å². The highest BCUT2D eigenvalue weighted by molar-refractivity contribution is 6.08. The second-order valence-electron chi connectivity index (χ2n) is 13.9. The summed E-state index contributed by atoms with van der Waals surface area (Å²) in [6.07, 6.45) is 0.652. The first-order valence-electron chi connectivity index (χ1n) is 18.5. The molecule has 0 aliphatic carbocycles. The zero-order valence-corrected chi connectivity index (χ0v) is 33.2. The number of methoxy groups -OCH3 is 3. The Morgan fingerprint density at radius 3 is 2.21 bits per heavy atom. The van der Waals surface area contributed by atoms with Gasteiger partial charge in [-0.3, -0.25) is 0 Å². The van der Waals surface area contributed by atoms with Crippen LogP contribution in [0.1, 0.15) is 31.9 Å². The lowest BCUT2D eigenvalue weighted by atomic mass is 9.85. The van der Waals surface area contributed by atoms with E-state index in [9.17, 15) is 9.90 Å². The number of carbonyl (C=O) groups excluding carboxylic acids is 1. The molecule has 15 nitrogen and oxygen atoms in total. The molecule has 1 aromatic heterocycles. The van der Waals surface area contributed by atoms with Crippen molar-refractivity contribution < 1.29 is 43.1 Å². The molecule has 5 rings (SSSR count). The van der Waals surface area contributed by atoms with Crippen molar-refractivity contribution in [2.75, 3.05) is 76.9 Å². The maximum Gasteiger partial charge on any atom is 0.323 e. The Balaban J connectivity index is 1.27. The van der Waals surface area contributed by atoms with Gasteiger partial charge in [-0.1, -0.05) is 51.1 Å². The predicted octanol–water partition coefficient (Wildman–Crippen LogP) is 7.00. The number of benzene rings is 4. The van der Waals surface area contributed by atoms with Gasteiger partial charge in [-0.25, -0.2) is 9.78 Å². The van der Waals surface area contributed by atoms with E-state index in [0.29, 0.717) is 91.1 Å². The van der Waals surface area contributed by atoms with Gasteiger partial charge in [0.1, 0.15) is 35.8 Å². The van der Waals surface area contributed by atoms with Crippen LogP contribution in [0.4, 0.5) is 27.8 Å². The van der Waals surface area contributed by atoms with Crippen molar-refractivity contribution in [3.8, 4) is 28.9 Å². The minimum Gasteiger partial charge on any atom is -0.497 e. The number of carbonyl (C=O) groups is 1. The first-order chi connectivity index (χ1) is 27.5. The lowest BCUT2D eigenvalue weighted by Gasteiger charge is -2.24. The first kappa shape index (κ1) is 42.4. The van der Waals surface area contributed by atoms with Gasteiger partial charge in [-0.15, -0.1) is 0 Å². The lowest BCUT2D eigenvalue weighted by molar-refractivity contribution is 0.0179. The van der Waals surface area contributed by atoms with Crippen molar-refractivity contribution in [1.29, 1.82) is 0 Å². The highest BCUT2D eigenvalue weighted by Crippen LogP contribution is 2.37. The first-order valence-corrected chi connectivity index (χ1v) is 18.5. The van der Waals surface area contributed by atoms with Crippen LogP contribution in [0.5, 0.6) is 28.9 Å². The van der Waals surface area contributed by atoms with Crippen LogP contribution in [-0.4, -0.2) is 88.3 Å². The number of nitrogens with two attached hydrogens (primary N) is 1. The molecular formula is C42H52N6O9. The number of anilines is 4. The fourth-order valence-corrected chi connectivity index (χ4v) is 5.81. The van der Waals surface area contributed by atoms with Crippen LogP contribution in [-0.2, 0) is 26.0 Å². The molecule has 1 heterocycles. The van der Waals surface area contributed by atoms with Gasteiger partial charge in [0.15, 0.2) is 0 Å². The van der Waals surface area contributed by atoms with Gasteiger partial charge >= 0.3 is 6.03 Å². The molecule has 4 aromatic carbocycles. The summed E-state index contributed by atoms with van der Waals surface area (Å²) < 4.78 is 39.3. The third kappa shape index (κ3) is 12.4. The normalized spacial score (nSPS) is 11.9. The number of hydrogen-bond donors (Lipinski definition) is 5. The van der Waals surface area contributed by atoms with E-state index in [1.165, 1.54) is 7.11 Å². The van der Waals surface area contributed by atoms with Crippen molar-refractivity contribution in [3.63, 3.8) is 0 Å². The van der Waals surface area contributed by atoms with Crippen molar-refractivity contribution in [2.45, 2.75) is 38.8 Å². The summed E-state index contributed by atoms with van der Waals surface area (Å²) in [6.45, 7) is 8.91. The molecule has 0 aliphatic heterocycles. The SMILES string of the molecule is COCCOCCOCCOc1cc(Nc2nccc(Oc3ccc(NC(=O)Nc4cc(C(C)(C)C)cc(CC(N)O)c4OC)c4ccccc34)n2)cc(OC)c1. The van der Waals surface area contributed by atoms with Gasteiger partial charge in [-0.05, 0) is 29.2 Å². The molecule has 1 unspecified atom stereocenters. The number of hydrogen-bond acceptors (Lipinski definition) is 13. The Labute approximate surface area is 332 Å². The van der Waals surface area contributed by atoms with E-state index in [2.05, 4.69) is 46.7 Å². The Bertz CT molecular complexity index is 2090. The molecule has 0 spiro atoms. The number of fused-ring (bicyclic) bond motifs is 1. The Morgan fingerprint density at radius 1 is 0.807 bits per heavy atom. The lowest BCUT2D eigenvalue weighted by Crippen LogP contribution is -2.24. The van der Waals surface area contributed by atoms with E-state index in [4.69, 9.17) is 38.9 Å². The van der Waals surface area contributed by atoms with Crippen LogP contribution in [0.2, 0.25) is 0 Å². The molecule has 0 fully saturated rings. The van der Waals surface area contributed by atoms with E-state index >= 15 is 0 Å². The zero-order valence-electron chi connectivity index (χ0n) is 33.2. The van der Waals surface area contributed by atoms with Gasteiger partial charge < -0.3 is 59.9 Å². The minimum atomic E-state index is -1.09. The molecule has 2 amide bonds. The summed E-state index contributed by atoms with van der Waals surface area (Å²) in [4.78, 5) is 22.5. The topological polar surface area (TPSA) is 190 Å². The third-order valence-corrected chi connectivity index (χ3v) is 8.56. The second-order valence-corrected chi connectivity index (χ2v) is 13.9. The molecule has 0 bridgehead atoms. The minimum absolute atomic E-state index is 0.153. The Hall–Kier alpha value is -5.71. The number of aromatic nitrogens is 2. The van der Waals surface area contributed by atoms with Crippen molar-refractivity contribution in [2.24, 2.45) is 5.73 Å². The number of urea groups is 1. The van der Waals surface area contributed by atoms with Crippen molar-refractivity contribution in [3.05, 3.63) is 90.1 Å². The average molecular weight is 785 g/mol. The average Bonchev–Trinajstić information content (AvgIpc) is 3.17.